The lowest BCUT2D eigenvalue weighted by atomic mass is 10.1. The zero-order chi connectivity index (χ0) is 21.2. The summed E-state index contributed by atoms with van der Waals surface area (Å²) in [4.78, 5) is 14.4. The number of carbonyl (C=O) groups excluding carboxylic acids is 1. The first kappa shape index (κ1) is 19.5. The van der Waals surface area contributed by atoms with Crippen LogP contribution in [0.5, 0.6) is 11.5 Å². The van der Waals surface area contributed by atoms with Crippen molar-refractivity contribution in [1.82, 2.24) is 0 Å². The highest BCUT2D eigenvalue weighted by Gasteiger charge is 2.25. The standard InChI is InChI=1S/C27H20O3S/c1-29-24-15-18(16-26-27(28)22-11-4-5-12-25(22)31-26)13-14-23(24)30-17-20-9-6-8-19-7-2-3-10-21(19)20/h2-16H,17H2,1H3/b26-16-. The van der Waals surface area contributed by atoms with Crippen LogP contribution in [-0.4, -0.2) is 12.9 Å². The van der Waals surface area contributed by atoms with Crippen molar-refractivity contribution in [3.8, 4) is 11.5 Å². The first-order valence-corrected chi connectivity index (χ1v) is 10.9. The minimum absolute atomic E-state index is 0.0656. The quantitative estimate of drug-likeness (QED) is 0.332. The molecule has 0 amide bonds. The number of methoxy groups -OCH3 is 1. The second-order valence-electron chi connectivity index (χ2n) is 7.27. The van der Waals surface area contributed by atoms with Gasteiger partial charge in [0.2, 0.25) is 5.78 Å². The van der Waals surface area contributed by atoms with Crippen molar-refractivity contribution in [2.45, 2.75) is 11.5 Å². The molecule has 0 saturated carbocycles. The smallest absolute Gasteiger partial charge is 0.200 e. The van der Waals surface area contributed by atoms with Crippen LogP contribution in [-0.2, 0) is 6.61 Å². The molecule has 4 aromatic carbocycles. The molecule has 5 rings (SSSR count). The Bertz CT molecular complexity index is 1320. The van der Waals surface area contributed by atoms with E-state index in [4.69, 9.17) is 9.47 Å². The zero-order valence-electron chi connectivity index (χ0n) is 17.0. The van der Waals surface area contributed by atoms with E-state index in [-0.39, 0.29) is 5.78 Å². The van der Waals surface area contributed by atoms with Crippen LogP contribution in [0.4, 0.5) is 0 Å². The molecule has 0 fully saturated rings. The van der Waals surface area contributed by atoms with Gasteiger partial charge in [-0.15, -0.1) is 0 Å². The molecule has 1 aliphatic rings. The van der Waals surface area contributed by atoms with Crippen LogP contribution >= 0.6 is 11.8 Å². The van der Waals surface area contributed by atoms with Crippen molar-refractivity contribution >= 4 is 34.4 Å². The Morgan fingerprint density at radius 1 is 0.871 bits per heavy atom. The summed E-state index contributed by atoms with van der Waals surface area (Å²) in [6.07, 6.45) is 1.91. The van der Waals surface area contributed by atoms with Crippen molar-refractivity contribution in [1.29, 1.82) is 0 Å². The summed E-state index contributed by atoms with van der Waals surface area (Å²) < 4.78 is 11.7. The number of allylic oxidation sites excluding steroid dienone is 1. The Kier molecular flexibility index (Phi) is 5.23. The molecule has 1 heterocycles. The predicted octanol–water partition coefficient (Wildman–Crippen LogP) is 6.76. The fourth-order valence-corrected chi connectivity index (χ4v) is 4.81. The van der Waals surface area contributed by atoms with Gasteiger partial charge < -0.3 is 9.47 Å². The number of hydrogen-bond donors (Lipinski definition) is 0. The number of fused-ring (bicyclic) bond motifs is 2. The Balaban J connectivity index is 1.38. The summed E-state index contributed by atoms with van der Waals surface area (Å²) in [6.45, 7) is 0.446. The van der Waals surface area contributed by atoms with Gasteiger partial charge in [0, 0.05) is 10.5 Å². The van der Waals surface area contributed by atoms with E-state index in [2.05, 4.69) is 24.3 Å². The summed E-state index contributed by atoms with van der Waals surface area (Å²) in [7, 11) is 1.63. The Morgan fingerprint density at radius 2 is 1.68 bits per heavy atom. The van der Waals surface area contributed by atoms with Crippen LogP contribution in [0.3, 0.4) is 0 Å². The Morgan fingerprint density at radius 3 is 2.55 bits per heavy atom. The summed E-state index contributed by atoms with van der Waals surface area (Å²) in [5, 5.41) is 2.37. The van der Waals surface area contributed by atoms with Gasteiger partial charge in [0.05, 0.1) is 12.0 Å². The van der Waals surface area contributed by atoms with E-state index in [1.807, 2.05) is 66.7 Å². The van der Waals surface area contributed by atoms with Gasteiger partial charge in [-0.05, 0) is 52.2 Å². The third-order valence-electron chi connectivity index (χ3n) is 5.32. The molecule has 0 aliphatic carbocycles. The second kappa shape index (κ2) is 8.32. The number of ketones is 1. The molecule has 152 valence electrons. The number of hydrogen-bond acceptors (Lipinski definition) is 4. The Hall–Kier alpha value is -3.50. The van der Waals surface area contributed by atoms with Gasteiger partial charge in [0.1, 0.15) is 6.61 Å². The van der Waals surface area contributed by atoms with E-state index in [1.54, 1.807) is 7.11 Å². The molecule has 4 heteroatoms. The van der Waals surface area contributed by atoms with Crippen LogP contribution in [0.25, 0.3) is 16.8 Å². The van der Waals surface area contributed by atoms with Gasteiger partial charge in [-0.1, -0.05) is 72.4 Å². The van der Waals surface area contributed by atoms with Crippen molar-refractivity contribution in [3.63, 3.8) is 0 Å². The maximum Gasteiger partial charge on any atom is 0.200 e. The van der Waals surface area contributed by atoms with Gasteiger partial charge in [-0.2, -0.15) is 0 Å². The maximum atomic E-state index is 12.6. The summed E-state index contributed by atoms with van der Waals surface area (Å²) >= 11 is 1.50. The molecule has 3 nitrogen and oxygen atoms in total. The Labute approximate surface area is 185 Å². The molecule has 0 unspecified atom stereocenters. The summed E-state index contributed by atoms with van der Waals surface area (Å²) in [5.74, 6) is 1.38. The third-order valence-corrected chi connectivity index (χ3v) is 6.42. The minimum atomic E-state index is 0.0656. The molecule has 0 aromatic heterocycles. The molecule has 31 heavy (non-hydrogen) atoms. The van der Waals surface area contributed by atoms with E-state index in [0.717, 1.165) is 21.6 Å². The zero-order valence-corrected chi connectivity index (χ0v) is 17.8. The monoisotopic (exact) mass is 424 g/mol. The molecule has 0 radical (unpaired) electrons. The fraction of sp³-hybridized carbons (Fsp3) is 0.0741. The first-order chi connectivity index (χ1) is 15.2. The SMILES string of the molecule is COc1cc(/C=C2\Sc3ccccc3C2=O)ccc1OCc1cccc2ccccc12. The summed E-state index contributed by atoms with van der Waals surface area (Å²) in [6, 6.07) is 27.9. The van der Waals surface area contributed by atoms with Gasteiger partial charge in [0.25, 0.3) is 0 Å². The predicted molar refractivity (Wildman–Crippen MR) is 126 cm³/mol. The number of rotatable bonds is 5. The van der Waals surface area contributed by atoms with Gasteiger partial charge in [0.15, 0.2) is 11.5 Å². The largest absolute Gasteiger partial charge is 0.493 e. The molecule has 0 bridgehead atoms. The number of Topliss-reactive ketones (excluding diaryl/α,β-unsaturated/α-hetero) is 1. The lowest BCUT2D eigenvalue weighted by Crippen LogP contribution is -1.99. The maximum absolute atomic E-state index is 12.6. The topological polar surface area (TPSA) is 35.5 Å². The number of carbonyl (C=O) groups is 1. The average molecular weight is 425 g/mol. The van der Waals surface area contributed by atoms with E-state index < -0.39 is 0 Å². The summed E-state index contributed by atoms with van der Waals surface area (Å²) in [5.41, 5.74) is 2.79. The number of benzene rings is 4. The molecule has 0 N–H and O–H groups in total. The lowest BCUT2D eigenvalue weighted by Gasteiger charge is -2.13. The van der Waals surface area contributed by atoms with Gasteiger partial charge in [-0.3, -0.25) is 4.79 Å². The highest BCUT2D eigenvalue weighted by Crippen LogP contribution is 2.41. The first-order valence-electron chi connectivity index (χ1n) is 10.0. The van der Waals surface area contributed by atoms with Crippen molar-refractivity contribution in [3.05, 3.63) is 107 Å². The number of ether oxygens (including phenoxy) is 2. The molecular formula is C27H20O3S. The number of thioether (sulfide) groups is 1. The van der Waals surface area contributed by atoms with Crippen LogP contribution in [0.2, 0.25) is 0 Å². The molecule has 4 aromatic rings. The van der Waals surface area contributed by atoms with Crippen LogP contribution in [0, 0.1) is 0 Å². The van der Waals surface area contributed by atoms with E-state index >= 15 is 0 Å². The van der Waals surface area contributed by atoms with Crippen molar-refractivity contribution < 1.29 is 14.3 Å². The third kappa shape index (κ3) is 3.82. The molecule has 0 saturated heterocycles. The fourth-order valence-electron chi connectivity index (χ4n) is 3.75. The molecule has 0 spiro atoms. The van der Waals surface area contributed by atoms with Crippen LogP contribution in [0.1, 0.15) is 21.5 Å². The second-order valence-corrected chi connectivity index (χ2v) is 8.36. The van der Waals surface area contributed by atoms with E-state index in [1.165, 1.54) is 22.5 Å². The minimum Gasteiger partial charge on any atom is -0.493 e. The van der Waals surface area contributed by atoms with Gasteiger partial charge >= 0.3 is 0 Å². The molecular weight excluding hydrogens is 404 g/mol. The van der Waals surface area contributed by atoms with Crippen LogP contribution in [0.15, 0.2) is 94.7 Å². The average Bonchev–Trinajstić information content (AvgIpc) is 3.13. The van der Waals surface area contributed by atoms with Crippen molar-refractivity contribution in [2.24, 2.45) is 0 Å². The lowest BCUT2D eigenvalue weighted by molar-refractivity contribution is 0.104. The van der Waals surface area contributed by atoms with Crippen LogP contribution < -0.4 is 9.47 Å². The molecule has 0 atom stereocenters. The van der Waals surface area contributed by atoms with Crippen molar-refractivity contribution in [2.75, 3.05) is 7.11 Å². The highest BCUT2D eigenvalue weighted by atomic mass is 32.2. The van der Waals surface area contributed by atoms with E-state index in [9.17, 15) is 4.79 Å². The molecule has 1 aliphatic heterocycles. The normalized spacial score (nSPS) is 14.1. The van der Waals surface area contributed by atoms with E-state index in [0.29, 0.717) is 23.0 Å². The van der Waals surface area contributed by atoms with Gasteiger partial charge in [-0.25, -0.2) is 0 Å². The highest BCUT2D eigenvalue weighted by molar-refractivity contribution is 8.04.